The second kappa shape index (κ2) is 17.0. The maximum Gasteiger partial charge on any atom is 0.407 e. The second-order valence-electron chi connectivity index (χ2n) is 15.1. The number of rotatable bonds is 13. The van der Waals surface area contributed by atoms with Crippen LogP contribution in [0.2, 0.25) is 0 Å². The van der Waals surface area contributed by atoms with Crippen molar-refractivity contribution in [2.45, 2.75) is 90.1 Å². The van der Waals surface area contributed by atoms with E-state index in [-0.39, 0.29) is 41.6 Å². The largest absolute Gasteiger partial charge is 0.468 e. The van der Waals surface area contributed by atoms with Crippen LogP contribution in [0.25, 0.3) is 33.6 Å². The Balaban J connectivity index is 1.09. The minimum Gasteiger partial charge on any atom is -0.468 e. The average molecular weight is 740 g/mol. The van der Waals surface area contributed by atoms with Crippen LogP contribution in [0, 0.1) is 17.8 Å². The Bertz CT molecular complexity index is 1890. The first-order valence-corrected chi connectivity index (χ1v) is 19.0. The van der Waals surface area contributed by atoms with Crippen LogP contribution in [0.5, 0.6) is 0 Å². The lowest BCUT2D eigenvalue weighted by atomic mass is 9.92. The molecule has 1 aliphatic heterocycles. The predicted molar refractivity (Wildman–Crippen MR) is 205 cm³/mol. The van der Waals surface area contributed by atoms with Gasteiger partial charge in [0.1, 0.15) is 30.0 Å². The molecule has 288 valence electrons. The number of alkyl carbamates (subject to hydrolysis) is 1. The number of aromatic nitrogens is 4. The smallest absolute Gasteiger partial charge is 0.407 e. The summed E-state index contributed by atoms with van der Waals surface area (Å²) in [4.78, 5) is 55.9. The maximum atomic E-state index is 13.5. The summed E-state index contributed by atoms with van der Waals surface area (Å²) in [5, 5.41) is 16.9. The Labute approximate surface area is 316 Å². The van der Waals surface area contributed by atoms with E-state index in [1.54, 1.807) is 6.20 Å². The lowest BCUT2D eigenvalue weighted by Gasteiger charge is -2.30. The molecule has 1 saturated carbocycles. The number of nitrogens with one attached hydrogen (secondary N) is 4. The molecule has 13 heteroatoms. The number of aliphatic hydroxyl groups is 1. The molecule has 0 bridgehead atoms. The van der Waals surface area contributed by atoms with Crippen molar-refractivity contribution in [1.82, 2.24) is 35.5 Å². The standard InChI is InChI=1S/C41H53N7O6/c1-23(2)34(47-41(52)54-6)39(50)48-20-8-11-33(48)37-43-22-32(45-37)28-18-14-26(15-19-28)25-12-16-27(17-13-25)31-21-42-36(44-31)29-9-7-10-30(29)38(49)46-35(24(3)4)40(51)53-5/h12-19,21-24,29-30,33-35,38,46,49H,7-11,20H2,1-6H3,(H,42,44)(H,43,45)(H,47,52)/t29-,30-,33+,34+,35+,38?/m1/s1. The summed E-state index contributed by atoms with van der Waals surface area (Å²) >= 11 is 0. The van der Waals surface area contributed by atoms with Gasteiger partial charge in [0.2, 0.25) is 5.91 Å². The normalized spacial score (nSPS) is 20.2. The molecule has 4 aromatic rings. The molecule has 1 aliphatic carbocycles. The highest BCUT2D eigenvalue weighted by Crippen LogP contribution is 2.41. The van der Waals surface area contributed by atoms with E-state index >= 15 is 0 Å². The van der Waals surface area contributed by atoms with Gasteiger partial charge < -0.3 is 34.8 Å². The van der Waals surface area contributed by atoms with E-state index in [1.807, 2.05) is 38.8 Å². The van der Waals surface area contributed by atoms with Gasteiger partial charge in [0, 0.05) is 18.4 Å². The molecule has 2 aromatic heterocycles. The number of hydrogen-bond donors (Lipinski definition) is 5. The summed E-state index contributed by atoms with van der Waals surface area (Å²) in [6.45, 7) is 8.26. The number of amides is 2. The van der Waals surface area contributed by atoms with Crippen LogP contribution in [-0.2, 0) is 19.1 Å². The van der Waals surface area contributed by atoms with E-state index in [9.17, 15) is 19.5 Å². The minimum absolute atomic E-state index is 0.0239. The van der Waals surface area contributed by atoms with Gasteiger partial charge in [-0.15, -0.1) is 0 Å². The summed E-state index contributed by atoms with van der Waals surface area (Å²) < 4.78 is 9.70. The molecular weight excluding hydrogens is 686 g/mol. The number of ether oxygens (including phenoxy) is 2. The summed E-state index contributed by atoms with van der Waals surface area (Å²) in [7, 11) is 2.66. The SMILES string of the molecule is COC(=O)N[C@H](C(=O)N1CCC[C@H]1c1ncc(-c2ccc(-c3ccc(-c4cnc([C@@H]5CCC[C@H]5C(O)N[C@H](C(=O)OC)C(C)C)[nH]4)cc3)cc2)[nH]1)C(C)C. The third kappa shape index (κ3) is 8.37. The first kappa shape index (κ1) is 38.7. The highest BCUT2D eigenvalue weighted by atomic mass is 16.5. The van der Waals surface area contributed by atoms with E-state index in [0.717, 1.165) is 77.4 Å². The van der Waals surface area contributed by atoms with Crippen molar-refractivity contribution < 1.29 is 29.0 Å². The number of H-pyrrole nitrogens is 2. The Hall–Kier alpha value is -5.01. The Morgan fingerprint density at radius 2 is 1.31 bits per heavy atom. The molecule has 6 rings (SSSR count). The highest BCUT2D eigenvalue weighted by molar-refractivity contribution is 5.86. The molecule has 5 N–H and O–H groups in total. The number of aliphatic hydroxyl groups excluding tert-OH is 1. The third-order valence-electron chi connectivity index (χ3n) is 11.0. The lowest BCUT2D eigenvalue weighted by molar-refractivity contribution is -0.146. The van der Waals surface area contributed by atoms with E-state index in [4.69, 9.17) is 14.5 Å². The molecule has 2 fully saturated rings. The Morgan fingerprint density at radius 3 is 1.87 bits per heavy atom. The van der Waals surface area contributed by atoms with Gasteiger partial charge in [0.25, 0.3) is 0 Å². The molecule has 3 heterocycles. The van der Waals surface area contributed by atoms with Gasteiger partial charge in [-0.25, -0.2) is 14.8 Å². The lowest BCUT2D eigenvalue weighted by Crippen LogP contribution is -2.51. The number of hydrogen-bond acceptors (Lipinski definition) is 9. The maximum absolute atomic E-state index is 13.5. The molecule has 6 atom stereocenters. The van der Waals surface area contributed by atoms with Crippen LogP contribution in [0.15, 0.2) is 60.9 Å². The minimum atomic E-state index is -0.854. The number of esters is 1. The van der Waals surface area contributed by atoms with Crippen molar-refractivity contribution in [1.29, 1.82) is 0 Å². The van der Waals surface area contributed by atoms with Gasteiger partial charge in [-0.1, -0.05) is 82.6 Å². The van der Waals surface area contributed by atoms with Gasteiger partial charge in [0.05, 0.1) is 44.0 Å². The van der Waals surface area contributed by atoms with Gasteiger partial charge in [-0.05, 0) is 59.8 Å². The predicted octanol–water partition coefficient (Wildman–Crippen LogP) is 6.17. The zero-order valence-electron chi connectivity index (χ0n) is 32.0. The number of aromatic amines is 2. The van der Waals surface area contributed by atoms with E-state index in [2.05, 4.69) is 74.1 Å². The van der Waals surface area contributed by atoms with E-state index < -0.39 is 24.4 Å². The van der Waals surface area contributed by atoms with Crippen molar-refractivity contribution in [3.63, 3.8) is 0 Å². The molecule has 2 aliphatic rings. The highest BCUT2D eigenvalue weighted by Gasteiger charge is 2.39. The first-order valence-electron chi connectivity index (χ1n) is 19.0. The topological polar surface area (TPSA) is 175 Å². The molecular formula is C41H53N7O6. The average Bonchev–Trinajstić information content (AvgIpc) is 4.02. The van der Waals surface area contributed by atoms with Gasteiger partial charge in [-0.3, -0.25) is 14.9 Å². The number of likely N-dealkylation sites (tertiary alicyclic amines) is 1. The molecule has 2 amide bonds. The van der Waals surface area contributed by atoms with Crippen LogP contribution in [0.1, 0.15) is 83.4 Å². The number of imidazole rings is 2. The molecule has 0 spiro atoms. The summed E-state index contributed by atoms with van der Waals surface area (Å²) in [5.74, 6) is 0.909. The zero-order chi connectivity index (χ0) is 38.5. The monoisotopic (exact) mass is 739 g/mol. The number of benzene rings is 2. The van der Waals surface area contributed by atoms with Crippen LogP contribution in [-0.4, -0.2) is 87.0 Å². The summed E-state index contributed by atoms with van der Waals surface area (Å²) in [6, 6.07) is 15.2. The van der Waals surface area contributed by atoms with Gasteiger partial charge in [-0.2, -0.15) is 0 Å². The van der Waals surface area contributed by atoms with Crippen LogP contribution in [0.4, 0.5) is 4.79 Å². The molecule has 13 nitrogen and oxygen atoms in total. The fraction of sp³-hybridized carbons (Fsp3) is 0.488. The number of carbonyl (C=O) groups is 3. The fourth-order valence-electron chi connectivity index (χ4n) is 7.88. The summed E-state index contributed by atoms with van der Waals surface area (Å²) in [5.41, 5.74) is 5.92. The van der Waals surface area contributed by atoms with Crippen LogP contribution in [0.3, 0.4) is 0 Å². The quantitative estimate of drug-likeness (QED) is 0.0794. The van der Waals surface area contributed by atoms with Crippen LogP contribution >= 0.6 is 0 Å². The van der Waals surface area contributed by atoms with Crippen molar-refractivity contribution in [2.75, 3.05) is 20.8 Å². The first-order chi connectivity index (χ1) is 26.0. The van der Waals surface area contributed by atoms with Crippen LogP contribution < -0.4 is 10.6 Å². The number of methoxy groups -OCH3 is 2. The van der Waals surface area contributed by atoms with E-state index in [0.29, 0.717) is 6.54 Å². The number of nitrogens with zero attached hydrogens (tertiary/aromatic N) is 3. The Morgan fingerprint density at radius 1 is 0.759 bits per heavy atom. The molecule has 54 heavy (non-hydrogen) atoms. The van der Waals surface area contributed by atoms with Crippen molar-refractivity contribution >= 4 is 18.0 Å². The second-order valence-corrected chi connectivity index (χ2v) is 15.1. The fourth-order valence-corrected chi connectivity index (χ4v) is 7.88. The molecule has 0 radical (unpaired) electrons. The van der Waals surface area contributed by atoms with Gasteiger partial charge in [0.15, 0.2) is 0 Å². The summed E-state index contributed by atoms with van der Waals surface area (Å²) in [6.07, 6.45) is 6.54. The van der Waals surface area contributed by atoms with Crippen molar-refractivity contribution in [3.8, 4) is 33.6 Å². The van der Waals surface area contributed by atoms with Crippen molar-refractivity contribution in [3.05, 3.63) is 72.6 Å². The molecule has 2 aromatic carbocycles. The molecule has 1 unspecified atom stereocenters. The van der Waals surface area contributed by atoms with E-state index in [1.165, 1.54) is 14.2 Å². The van der Waals surface area contributed by atoms with Crippen molar-refractivity contribution in [2.24, 2.45) is 17.8 Å². The Kier molecular flexibility index (Phi) is 12.2. The number of carbonyl (C=O) groups excluding carboxylic acids is 3. The third-order valence-corrected chi connectivity index (χ3v) is 11.0. The molecule has 1 saturated heterocycles. The zero-order valence-corrected chi connectivity index (χ0v) is 32.0. The van der Waals surface area contributed by atoms with Gasteiger partial charge >= 0.3 is 12.1 Å².